The highest BCUT2D eigenvalue weighted by atomic mass is 35.5. The van der Waals surface area contributed by atoms with E-state index in [1.54, 1.807) is 0 Å². The number of amides is 1. The number of hydrogen-bond acceptors (Lipinski definition) is 5. The summed E-state index contributed by atoms with van der Waals surface area (Å²) in [7, 11) is -3.65. The van der Waals surface area contributed by atoms with E-state index < -0.39 is 15.9 Å². The molecule has 2 N–H and O–H groups in total. The van der Waals surface area contributed by atoms with Crippen molar-refractivity contribution in [3.8, 4) is 5.75 Å². The number of hydrogen-bond donors (Lipinski definition) is 2. The standard InChI is InChI=1S/C15H15ClN2O5S/c16-14-6-5-13(23-14)15(20)17-11-9-10(3-4-12(11)19)24(21,22)18-7-1-2-8-18/h3-6,9,19H,1-2,7-8H2,(H,17,20). The SMILES string of the molecule is O=C(Nc1cc(S(=O)(=O)N2CCCC2)ccc1O)c1ccc(Cl)o1. The van der Waals surface area contributed by atoms with E-state index in [1.165, 1.54) is 34.6 Å². The lowest BCUT2D eigenvalue weighted by atomic mass is 10.3. The highest BCUT2D eigenvalue weighted by Crippen LogP contribution is 2.29. The van der Waals surface area contributed by atoms with E-state index in [0.717, 1.165) is 12.8 Å². The van der Waals surface area contributed by atoms with Gasteiger partial charge < -0.3 is 14.8 Å². The smallest absolute Gasteiger partial charge is 0.291 e. The Morgan fingerprint density at radius 1 is 1.21 bits per heavy atom. The lowest BCUT2D eigenvalue weighted by Gasteiger charge is -2.16. The van der Waals surface area contributed by atoms with E-state index in [0.29, 0.717) is 13.1 Å². The topological polar surface area (TPSA) is 99.9 Å². The largest absolute Gasteiger partial charge is 0.506 e. The number of halogens is 1. The summed E-state index contributed by atoms with van der Waals surface area (Å²) in [5.41, 5.74) is -0.0206. The molecule has 3 rings (SSSR count). The fraction of sp³-hybridized carbons (Fsp3) is 0.267. The summed E-state index contributed by atoms with van der Waals surface area (Å²) in [5.74, 6) is -0.943. The molecule has 1 fully saturated rings. The molecule has 0 radical (unpaired) electrons. The fourth-order valence-corrected chi connectivity index (χ4v) is 4.16. The van der Waals surface area contributed by atoms with E-state index in [2.05, 4.69) is 5.32 Å². The van der Waals surface area contributed by atoms with Gasteiger partial charge in [-0.05, 0) is 54.8 Å². The van der Waals surface area contributed by atoms with E-state index in [1.807, 2.05) is 0 Å². The molecule has 1 aliphatic heterocycles. The van der Waals surface area contributed by atoms with Gasteiger partial charge in [-0.1, -0.05) is 0 Å². The van der Waals surface area contributed by atoms with Gasteiger partial charge in [0.1, 0.15) is 5.75 Å². The molecule has 0 spiro atoms. The predicted molar refractivity (Wildman–Crippen MR) is 87.8 cm³/mol. The van der Waals surface area contributed by atoms with Crippen LogP contribution >= 0.6 is 11.6 Å². The molecule has 9 heteroatoms. The number of rotatable bonds is 4. The van der Waals surface area contributed by atoms with Gasteiger partial charge in [0.05, 0.1) is 10.6 Å². The molecule has 0 unspecified atom stereocenters. The second kappa shape index (κ2) is 6.46. The quantitative estimate of drug-likeness (QED) is 0.806. The van der Waals surface area contributed by atoms with Gasteiger partial charge in [-0.25, -0.2) is 8.42 Å². The number of carbonyl (C=O) groups is 1. The number of phenols is 1. The van der Waals surface area contributed by atoms with E-state index in [9.17, 15) is 18.3 Å². The highest BCUT2D eigenvalue weighted by Gasteiger charge is 2.28. The summed E-state index contributed by atoms with van der Waals surface area (Å²) in [6.07, 6.45) is 1.64. The summed E-state index contributed by atoms with van der Waals surface area (Å²) >= 11 is 5.62. The van der Waals surface area contributed by atoms with Crippen molar-refractivity contribution in [2.45, 2.75) is 17.7 Å². The third-order valence-electron chi connectivity index (χ3n) is 3.72. The first-order valence-electron chi connectivity index (χ1n) is 7.28. The Bertz CT molecular complexity index is 872. The Kier molecular flexibility index (Phi) is 4.53. The van der Waals surface area contributed by atoms with Crippen molar-refractivity contribution in [2.24, 2.45) is 0 Å². The van der Waals surface area contributed by atoms with Crippen LogP contribution in [0.1, 0.15) is 23.4 Å². The molecule has 0 atom stereocenters. The van der Waals surface area contributed by atoms with Crippen molar-refractivity contribution >= 4 is 33.2 Å². The van der Waals surface area contributed by atoms with Crippen LogP contribution in [0.25, 0.3) is 0 Å². The van der Waals surface area contributed by atoms with Crippen LogP contribution in [0.15, 0.2) is 39.6 Å². The summed E-state index contributed by atoms with van der Waals surface area (Å²) in [5, 5.41) is 12.4. The first kappa shape index (κ1) is 16.8. The Morgan fingerprint density at radius 3 is 2.54 bits per heavy atom. The summed E-state index contributed by atoms with van der Waals surface area (Å²) < 4.78 is 31.5. The number of nitrogens with one attached hydrogen (secondary N) is 1. The Balaban J connectivity index is 1.87. The van der Waals surface area contributed by atoms with Gasteiger partial charge in [-0.15, -0.1) is 0 Å². The third-order valence-corrected chi connectivity index (χ3v) is 5.81. The molecule has 1 aromatic carbocycles. The number of furan rings is 1. The van der Waals surface area contributed by atoms with Crippen LogP contribution in [-0.4, -0.2) is 36.8 Å². The predicted octanol–water partition coefficient (Wildman–Crippen LogP) is 2.68. The maximum atomic E-state index is 12.6. The van der Waals surface area contributed by atoms with Gasteiger partial charge >= 0.3 is 0 Å². The molecule has 1 aromatic heterocycles. The zero-order chi connectivity index (χ0) is 17.3. The van der Waals surface area contributed by atoms with Crippen molar-refractivity contribution in [3.05, 3.63) is 41.3 Å². The minimum absolute atomic E-state index is 0.00924. The minimum atomic E-state index is -3.65. The average molecular weight is 371 g/mol. The summed E-state index contributed by atoms with van der Waals surface area (Å²) in [4.78, 5) is 12.1. The van der Waals surface area contributed by atoms with Crippen molar-refractivity contribution in [2.75, 3.05) is 18.4 Å². The number of phenolic OH excluding ortho intramolecular Hbond substituents is 1. The molecule has 1 aliphatic rings. The summed E-state index contributed by atoms with van der Waals surface area (Å²) in [6, 6.07) is 6.55. The Hall–Kier alpha value is -2.03. The van der Waals surface area contributed by atoms with Crippen LogP contribution in [0.4, 0.5) is 5.69 Å². The van der Waals surface area contributed by atoms with Crippen LogP contribution in [-0.2, 0) is 10.0 Å². The molecule has 0 bridgehead atoms. The average Bonchev–Trinajstić information content (AvgIpc) is 3.20. The number of sulfonamides is 1. The first-order chi connectivity index (χ1) is 11.4. The van der Waals surface area contributed by atoms with E-state index >= 15 is 0 Å². The Labute approximate surface area is 143 Å². The minimum Gasteiger partial charge on any atom is -0.506 e. The molecular formula is C15H15ClN2O5S. The normalized spacial score (nSPS) is 15.5. The van der Waals surface area contributed by atoms with Crippen molar-refractivity contribution < 1.29 is 22.7 Å². The molecule has 1 saturated heterocycles. The van der Waals surface area contributed by atoms with Crippen molar-refractivity contribution in [1.29, 1.82) is 0 Å². The monoisotopic (exact) mass is 370 g/mol. The van der Waals surface area contributed by atoms with Gasteiger partial charge in [0.2, 0.25) is 10.0 Å². The van der Waals surface area contributed by atoms with Crippen molar-refractivity contribution in [1.82, 2.24) is 4.31 Å². The van der Waals surface area contributed by atoms with E-state index in [-0.39, 0.29) is 27.3 Å². The zero-order valence-electron chi connectivity index (χ0n) is 12.5. The maximum Gasteiger partial charge on any atom is 0.291 e. The molecule has 2 aromatic rings. The van der Waals surface area contributed by atoms with Crippen LogP contribution < -0.4 is 5.32 Å². The van der Waals surface area contributed by atoms with E-state index in [4.69, 9.17) is 16.0 Å². The molecule has 2 heterocycles. The fourth-order valence-electron chi connectivity index (χ4n) is 2.47. The number of nitrogens with zero attached hydrogens (tertiary/aromatic N) is 1. The maximum absolute atomic E-state index is 12.6. The number of aromatic hydroxyl groups is 1. The van der Waals surface area contributed by atoms with Gasteiger partial charge in [0.15, 0.2) is 11.0 Å². The molecule has 7 nitrogen and oxygen atoms in total. The summed E-state index contributed by atoms with van der Waals surface area (Å²) in [6.45, 7) is 0.936. The highest BCUT2D eigenvalue weighted by molar-refractivity contribution is 7.89. The number of carbonyl (C=O) groups excluding carboxylic acids is 1. The second-order valence-corrected chi connectivity index (χ2v) is 7.66. The molecular weight excluding hydrogens is 356 g/mol. The van der Waals surface area contributed by atoms with Crippen LogP contribution in [0.3, 0.4) is 0 Å². The zero-order valence-corrected chi connectivity index (χ0v) is 14.1. The number of anilines is 1. The van der Waals surface area contributed by atoms with Crippen LogP contribution in [0.2, 0.25) is 5.22 Å². The van der Waals surface area contributed by atoms with Gasteiger partial charge in [-0.2, -0.15) is 4.31 Å². The Morgan fingerprint density at radius 2 is 1.92 bits per heavy atom. The van der Waals surface area contributed by atoms with Gasteiger partial charge in [0.25, 0.3) is 5.91 Å². The molecule has 0 aliphatic carbocycles. The van der Waals surface area contributed by atoms with Gasteiger partial charge in [-0.3, -0.25) is 4.79 Å². The van der Waals surface area contributed by atoms with Gasteiger partial charge in [0, 0.05) is 13.1 Å². The lowest BCUT2D eigenvalue weighted by molar-refractivity contribution is 0.0996. The molecule has 128 valence electrons. The van der Waals surface area contributed by atoms with Crippen molar-refractivity contribution in [3.63, 3.8) is 0 Å². The molecule has 1 amide bonds. The third kappa shape index (κ3) is 3.26. The lowest BCUT2D eigenvalue weighted by Crippen LogP contribution is -2.27. The molecule has 0 saturated carbocycles. The second-order valence-electron chi connectivity index (χ2n) is 5.35. The first-order valence-corrected chi connectivity index (χ1v) is 9.09. The van der Waals surface area contributed by atoms with Crippen LogP contribution in [0, 0.1) is 0 Å². The number of benzene rings is 1. The van der Waals surface area contributed by atoms with Crippen LogP contribution in [0.5, 0.6) is 5.75 Å². The molecule has 24 heavy (non-hydrogen) atoms.